The van der Waals surface area contributed by atoms with Gasteiger partial charge in [0.05, 0.1) is 12.0 Å². The summed E-state index contributed by atoms with van der Waals surface area (Å²) in [5, 5.41) is 0. The summed E-state index contributed by atoms with van der Waals surface area (Å²) in [6, 6.07) is 14.4. The second kappa shape index (κ2) is 6.34. The van der Waals surface area contributed by atoms with Crippen LogP contribution >= 0.6 is 0 Å². The largest absolute Gasteiger partial charge is 0.497 e. The monoisotopic (exact) mass is 331 g/mol. The van der Waals surface area contributed by atoms with Gasteiger partial charge in [-0.25, -0.2) is 13.1 Å². The quantitative estimate of drug-likeness (QED) is 0.882. The molecule has 1 N–H and O–H groups in total. The predicted octanol–water partition coefficient (Wildman–Crippen LogP) is 3.43. The van der Waals surface area contributed by atoms with Crippen LogP contribution in [0.25, 0.3) is 0 Å². The smallest absolute Gasteiger partial charge is 0.241 e. The van der Waals surface area contributed by atoms with Crippen LogP contribution in [-0.2, 0) is 10.0 Å². The normalized spacial score (nSPS) is 16.1. The van der Waals surface area contributed by atoms with Crippen LogP contribution in [0.1, 0.15) is 30.0 Å². The highest BCUT2D eigenvalue weighted by Crippen LogP contribution is 2.41. The van der Waals surface area contributed by atoms with Gasteiger partial charge in [0.15, 0.2) is 0 Å². The molecule has 2 aromatic rings. The number of methoxy groups -OCH3 is 1. The summed E-state index contributed by atoms with van der Waals surface area (Å²) in [6.45, 7) is 2.03. The van der Waals surface area contributed by atoms with Crippen molar-refractivity contribution in [3.8, 4) is 5.75 Å². The maximum absolute atomic E-state index is 12.7. The number of ether oxygens (including phenoxy) is 1. The van der Waals surface area contributed by atoms with Crippen LogP contribution in [0, 0.1) is 12.8 Å². The summed E-state index contributed by atoms with van der Waals surface area (Å²) >= 11 is 0. The number of benzene rings is 2. The number of hydrogen-bond acceptors (Lipinski definition) is 3. The van der Waals surface area contributed by atoms with Crippen LogP contribution in [0.3, 0.4) is 0 Å². The third-order valence-electron chi connectivity index (χ3n) is 4.18. The van der Waals surface area contributed by atoms with Gasteiger partial charge in [-0.15, -0.1) is 0 Å². The maximum Gasteiger partial charge on any atom is 0.241 e. The van der Waals surface area contributed by atoms with Gasteiger partial charge in [-0.1, -0.05) is 29.8 Å². The molecular formula is C18H21NO3S. The van der Waals surface area contributed by atoms with Crippen molar-refractivity contribution in [3.63, 3.8) is 0 Å². The van der Waals surface area contributed by atoms with Crippen LogP contribution in [0.2, 0.25) is 0 Å². The average molecular weight is 331 g/mol. The standard InChI is InChI=1S/C18H21NO3S/c1-13-3-5-14(6-4-13)18(15-7-8-15)19-23(20,21)17-11-9-16(22-2)10-12-17/h3-6,9-12,15,18-19H,7-8H2,1-2H3/t18-/m0/s1. The van der Waals surface area contributed by atoms with Crippen molar-refractivity contribution < 1.29 is 13.2 Å². The fourth-order valence-corrected chi connectivity index (χ4v) is 3.92. The Morgan fingerprint density at radius 3 is 2.17 bits per heavy atom. The molecule has 1 fully saturated rings. The number of hydrogen-bond donors (Lipinski definition) is 1. The Hall–Kier alpha value is -1.85. The van der Waals surface area contributed by atoms with Crippen molar-refractivity contribution >= 4 is 10.0 Å². The Kier molecular flexibility index (Phi) is 4.41. The fraction of sp³-hybridized carbons (Fsp3) is 0.333. The van der Waals surface area contributed by atoms with Gasteiger partial charge in [-0.2, -0.15) is 0 Å². The first-order valence-electron chi connectivity index (χ1n) is 7.72. The highest BCUT2D eigenvalue weighted by Gasteiger charge is 2.35. The van der Waals surface area contributed by atoms with Crippen molar-refractivity contribution in [1.82, 2.24) is 4.72 Å². The molecule has 1 atom stereocenters. The van der Waals surface area contributed by atoms with E-state index in [1.807, 2.05) is 31.2 Å². The molecule has 0 aromatic heterocycles. The molecule has 1 aliphatic carbocycles. The summed E-state index contributed by atoms with van der Waals surface area (Å²) in [5.41, 5.74) is 2.19. The SMILES string of the molecule is COc1ccc(S(=O)(=O)N[C@@H](c2ccc(C)cc2)C2CC2)cc1. The molecule has 2 aromatic carbocycles. The molecule has 3 rings (SSSR count). The van der Waals surface area contributed by atoms with Crippen LogP contribution in [-0.4, -0.2) is 15.5 Å². The zero-order valence-electron chi connectivity index (χ0n) is 13.3. The Morgan fingerprint density at radius 2 is 1.65 bits per heavy atom. The fourth-order valence-electron chi connectivity index (χ4n) is 2.63. The number of aryl methyl sites for hydroxylation is 1. The van der Waals surface area contributed by atoms with Crippen molar-refractivity contribution in [2.75, 3.05) is 7.11 Å². The molecule has 1 saturated carbocycles. The molecule has 5 heteroatoms. The number of rotatable bonds is 6. The van der Waals surface area contributed by atoms with Crippen LogP contribution in [0.15, 0.2) is 53.4 Å². The van der Waals surface area contributed by atoms with E-state index in [-0.39, 0.29) is 10.9 Å². The first kappa shape index (κ1) is 16.0. The van der Waals surface area contributed by atoms with Crippen LogP contribution < -0.4 is 9.46 Å². The lowest BCUT2D eigenvalue weighted by molar-refractivity contribution is 0.414. The number of nitrogens with one attached hydrogen (secondary N) is 1. The topological polar surface area (TPSA) is 55.4 Å². The molecular weight excluding hydrogens is 310 g/mol. The summed E-state index contributed by atoms with van der Waals surface area (Å²) in [5.74, 6) is 1.02. The molecule has 0 spiro atoms. The minimum Gasteiger partial charge on any atom is -0.497 e. The second-order valence-electron chi connectivity index (χ2n) is 6.02. The van der Waals surface area contributed by atoms with Crippen LogP contribution in [0.5, 0.6) is 5.75 Å². The van der Waals surface area contributed by atoms with E-state index in [0.717, 1.165) is 18.4 Å². The van der Waals surface area contributed by atoms with Gasteiger partial charge >= 0.3 is 0 Å². The predicted molar refractivity (Wildman–Crippen MR) is 90.0 cm³/mol. The molecule has 4 nitrogen and oxygen atoms in total. The van der Waals surface area contributed by atoms with E-state index < -0.39 is 10.0 Å². The molecule has 0 unspecified atom stereocenters. The van der Waals surface area contributed by atoms with Crippen molar-refractivity contribution in [3.05, 3.63) is 59.7 Å². The molecule has 0 radical (unpaired) electrons. The van der Waals surface area contributed by atoms with Gasteiger partial charge in [0.2, 0.25) is 10.0 Å². The summed E-state index contributed by atoms with van der Waals surface area (Å²) < 4.78 is 33.3. The molecule has 0 aliphatic heterocycles. The average Bonchev–Trinajstić information content (AvgIpc) is 3.38. The van der Waals surface area contributed by atoms with E-state index in [9.17, 15) is 8.42 Å². The molecule has 0 bridgehead atoms. The Balaban J connectivity index is 1.85. The lowest BCUT2D eigenvalue weighted by Gasteiger charge is -2.19. The third kappa shape index (κ3) is 3.74. The van der Waals surface area contributed by atoms with Gasteiger partial charge in [-0.05, 0) is 55.5 Å². The molecule has 0 heterocycles. The molecule has 1 aliphatic rings. The first-order chi connectivity index (χ1) is 11.0. The van der Waals surface area contributed by atoms with E-state index in [1.165, 1.54) is 5.56 Å². The van der Waals surface area contributed by atoms with Gasteiger partial charge in [0, 0.05) is 6.04 Å². The Bertz CT molecular complexity index is 763. The van der Waals surface area contributed by atoms with Gasteiger partial charge in [-0.3, -0.25) is 0 Å². The zero-order chi connectivity index (χ0) is 16.4. The van der Waals surface area contributed by atoms with E-state index >= 15 is 0 Å². The van der Waals surface area contributed by atoms with Gasteiger partial charge in [0.25, 0.3) is 0 Å². The lowest BCUT2D eigenvalue weighted by Crippen LogP contribution is -2.30. The Labute approximate surface area is 137 Å². The second-order valence-corrected chi connectivity index (χ2v) is 7.74. The highest BCUT2D eigenvalue weighted by atomic mass is 32.2. The lowest BCUT2D eigenvalue weighted by atomic mass is 10.0. The van der Waals surface area contributed by atoms with Crippen LogP contribution in [0.4, 0.5) is 0 Å². The minimum atomic E-state index is -3.55. The first-order valence-corrected chi connectivity index (χ1v) is 9.21. The minimum absolute atomic E-state index is 0.164. The molecule has 0 amide bonds. The molecule has 122 valence electrons. The van der Waals surface area contributed by atoms with Gasteiger partial charge in [0.1, 0.15) is 5.75 Å². The third-order valence-corrected chi connectivity index (χ3v) is 5.64. The van der Waals surface area contributed by atoms with E-state index in [2.05, 4.69) is 4.72 Å². The van der Waals surface area contributed by atoms with Crippen molar-refractivity contribution in [2.24, 2.45) is 5.92 Å². The highest BCUT2D eigenvalue weighted by molar-refractivity contribution is 7.89. The summed E-state index contributed by atoms with van der Waals surface area (Å²) in [7, 11) is -2.00. The maximum atomic E-state index is 12.7. The van der Waals surface area contributed by atoms with Crippen molar-refractivity contribution in [1.29, 1.82) is 0 Å². The van der Waals surface area contributed by atoms with E-state index in [0.29, 0.717) is 11.7 Å². The summed E-state index contributed by atoms with van der Waals surface area (Å²) in [4.78, 5) is 0.260. The summed E-state index contributed by atoms with van der Waals surface area (Å²) in [6.07, 6.45) is 2.12. The Morgan fingerprint density at radius 1 is 1.04 bits per heavy atom. The molecule has 23 heavy (non-hydrogen) atoms. The molecule has 0 saturated heterocycles. The van der Waals surface area contributed by atoms with E-state index in [4.69, 9.17) is 4.74 Å². The van der Waals surface area contributed by atoms with Gasteiger partial charge < -0.3 is 4.74 Å². The van der Waals surface area contributed by atoms with Crippen molar-refractivity contribution in [2.45, 2.75) is 30.7 Å². The zero-order valence-corrected chi connectivity index (χ0v) is 14.1. The van der Waals surface area contributed by atoms with E-state index in [1.54, 1.807) is 31.4 Å². The number of sulfonamides is 1.